The highest BCUT2D eigenvalue weighted by Gasteiger charge is 2.22. The maximum Gasteiger partial charge on any atom is 0.194 e. The maximum absolute atomic E-state index is 5.81. The number of nitrogens with zero attached hydrogens (tertiary/aromatic N) is 1. The van der Waals surface area contributed by atoms with Crippen LogP contribution in [0.2, 0.25) is 0 Å². The van der Waals surface area contributed by atoms with Crippen LogP contribution < -0.4 is 5.32 Å². The highest BCUT2D eigenvalue weighted by Crippen LogP contribution is 2.30. The van der Waals surface area contributed by atoms with Crippen molar-refractivity contribution in [3.63, 3.8) is 0 Å². The summed E-state index contributed by atoms with van der Waals surface area (Å²) in [5, 5.41) is 4.52. The molecule has 3 aromatic rings. The molecule has 2 aromatic heterocycles. The van der Waals surface area contributed by atoms with Crippen LogP contribution in [0.3, 0.4) is 0 Å². The molecule has 4 rings (SSSR count). The molecule has 0 atom stereocenters. The Morgan fingerprint density at radius 1 is 1.26 bits per heavy atom. The SMILES string of the molecule is c1ccc2oc(-c3ocnc3CNC3CC3)cc2c1. The Morgan fingerprint density at radius 2 is 2.16 bits per heavy atom. The molecule has 0 amide bonds. The van der Waals surface area contributed by atoms with Gasteiger partial charge in [-0.3, -0.25) is 0 Å². The lowest BCUT2D eigenvalue weighted by Crippen LogP contribution is -2.15. The zero-order valence-corrected chi connectivity index (χ0v) is 10.4. The quantitative estimate of drug-likeness (QED) is 0.775. The molecule has 1 saturated carbocycles. The van der Waals surface area contributed by atoms with E-state index in [2.05, 4.69) is 10.3 Å². The van der Waals surface area contributed by atoms with E-state index in [1.807, 2.05) is 30.3 Å². The Labute approximate surface area is 110 Å². The average Bonchev–Trinajstić information content (AvgIpc) is 3.00. The second kappa shape index (κ2) is 4.24. The molecule has 0 radical (unpaired) electrons. The molecule has 0 bridgehead atoms. The van der Waals surface area contributed by atoms with Gasteiger partial charge >= 0.3 is 0 Å². The van der Waals surface area contributed by atoms with E-state index in [0.717, 1.165) is 34.7 Å². The summed E-state index contributed by atoms with van der Waals surface area (Å²) in [4.78, 5) is 4.27. The number of hydrogen-bond donors (Lipinski definition) is 1. The van der Waals surface area contributed by atoms with Crippen LogP contribution in [0.15, 0.2) is 45.6 Å². The Kier molecular flexibility index (Phi) is 2.42. The van der Waals surface area contributed by atoms with Crippen molar-refractivity contribution in [1.29, 1.82) is 0 Å². The molecule has 4 nitrogen and oxygen atoms in total. The van der Waals surface area contributed by atoms with Crippen molar-refractivity contribution < 1.29 is 8.83 Å². The molecule has 0 spiro atoms. The summed E-state index contributed by atoms with van der Waals surface area (Å²) < 4.78 is 11.3. The van der Waals surface area contributed by atoms with Gasteiger partial charge in [0.15, 0.2) is 17.9 Å². The molecule has 1 fully saturated rings. The summed E-state index contributed by atoms with van der Waals surface area (Å²) in [6.45, 7) is 0.730. The van der Waals surface area contributed by atoms with Crippen molar-refractivity contribution >= 4 is 11.0 Å². The molecular formula is C15H14N2O2. The third-order valence-corrected chi connectivity index (χ3v) is 3.43. The molecule has 0 unspecified atom stereocenters. The van der Waals surface area contributed by atoms with Crippen molar-refractivity contribution in [3.8, 4) is 11.5 Å². The summed E-state index contributed by atoms with van der Waals surface area (Å²) >= 11 is 0. The molecular weight excluding hydrogens is 240 g/mol. The Hall–Kier alpha value is -2.07. The zero-order chi connectivity index (χ0) is 12.7. The molecule has 1 aromatic carbocycles. The molecule has 1 N–H and O–H groups in total. The second-order valence-corrected chi connectivity index (χ2v) is 4.93. The molecule has 96 valence electrons. The van der Waals surface area contributed by atoms with E-state index in [9.17, 15) is 0 Å². The first-order valence-corrected chi connectivity index (χ1v) is 6.55. The summed E-state index contributed by atoms with van der Waals surface area (Å²) in [7, 11) is 0. The molecule has 19 heavy (non-hydrogen) atoms. The van der Waals surface area contributed by atoms with Crippen molar-refractivity contribution in [2.45, 2.75) is 25.4 Å². The fraction of sp³-hybridized carbons (Fsp3) is 0.267. The predicted octanol–water partition coefficient (Wildman–Crippen LogP) is 3.34. The first-order valence-electron chi connectivity index (χ1n) is 6.55. The van der Waals surface area contributed by atoms with Crippen LogP contribution in [0.1, 0.15) is 18.5 Å². The molecule has 1 aliphatic rings. The summed E-state index contributed by atoms with van der Waals surface area (Å²) in [5.74, 6) is 1.47. The second-order valence-electron chi connectivity index (χ2n) is 4.93. The number of benzene rings is 1. The first-order chi connectivity index (χ1) is 9.40. The van der Waals surface area contributed by atoms with Crippen LogP contribution in [-0.4, -0.2) is 11.0 Å². The van der Waals surface area contributed by atoms with E-state index < -0.39 is 0 Å². The highest BCUT2D eigenvalue weighted by molar-refractivity contribution is 5.82. The van der Waals surface area contributed by atoms with Crippen molar-refractivity contribution in [3.05, 3.63) is 42.4 Å². The lowest BCUT2D eigenvalue weighted by molar-refractivity contribution is 0.533. The van der Waals surface area contributed by atoms with Gasteiger partial charge in [0.2, 0.25) is 0 Å². The zero-order valence-electron chi connectivity index (χ0n) is 10.4. The number of para-hydroxylation sites is 1. The van der Waals surface area contributed by atoms with Crippen LogP contribution in [0.4, 0.5) is 0 Å². The van der Waals surface area contributed by atoms with Gasteiger partial charge in [-0.1, -0.05) is 18.2 Å². The van der Waals surface area contributed by atoms with Crippen LogP contribution in [0.5, 0.6) is 0 Å². The van der Waals surface area contributed by atoms with E-state index >= 15 is 0 Å². The monoisotopic (exact) mass is 254 g/mol. The first kappa shape index (κ1) is 10.8. The fourth-order valence-corrected chi connectivity index (χ4v) is 2.22. The van der Waals surface area contributed by atoms with Crippen LogP contribution >= 0.6 is 0 Å². The standard InChI is InChI=1S/C15H14N2O2/c1-2-4-13-10(3-1)7-14(19-13)15-12(17-9-18-15)8-16-11-5-6-11/h1-4,7,9,11,16H,5-6,8H2. The number of nitrogens with one attached hydrogen (secondary N) is 1. The number of fused-ring (bicyclic) bond motifs is 1. The Balaban J connectivity index is 1.68. The Bertz CT molecular complexity index is 677. The van der Waals surface area contributed by atoms with Gasteiger partial charge < -0.3 is 14.2 Å². The topological polar surface area (TPSA) is 51.2 Å². The number of rotatable bonds is 4. The lowest BCUT2D eigenvalue weighted by atomic mass is 10.2. The number of furan rings is 1. The van der Waals surface area contributed by atoms with E-state index in [0.29, 0.717) is 6.04 Å². The van der Waals surface area contributed by atoms with Crippen LogP contribution in [-0.2, 0) is 6.54 Å². The normalized spacial score (nSPS) is 15.2. The van der Waals surface area contributed by atoms with Gasteiger partial charge in [0.05, 0.1) is 0 Å². The third kappa shape index (κ3) is 2.04. The minimum atomic E-state index is 0.653. The summed E-state index contributed by atoms with van der Waals surface area (Å²) in [5.41, 5.74) is 1.78. The van der Waals surface area contributed by atoms with Crippen LogP contribution in [0, 0.1) is 0 Å². The number of hydrogen-bond acceptors (Lipinski definition) is 4. The van der Waals surface area contributed by atoms with Gasteiger partial charge in [-0.05, 0) is 25.0 Å². The van der Waals surface area contributed by atoms with E-state index in [-0.39, 0.29) is 0 Å². The minimum absolute atomic E-state index is 0.653. The Morgan fingerprint density at radius 3 is 3.00 bits per heavy atom. The molecule has 1 aliphatic carbocycles. The fourth-order valence-electron chi connectivity index (χ4n) is 2.22. The van der Waals surface area contributed by atoms with Crippen LogP contribution in [0.25, 0.3) is 22.5 Å². The largest absolute Gasteiger partial charge is 0.453 e. The van der Waals surface area contributed by atoms with E-state index in [4.69, 9.17) is 8.83 Å². The average molecular weight is 254 g/mol. The van der Waals surface area contributed by atoms with Gasteiger partial charge in [0, 0.05) is 18.0 Å². The molecule has 2 heterocycles. The summed E-state index contributed by atoms with van der Waals surface area (Å²) in [6.07, 6.45) is 4.00. The van der Waals surface area contributed by atoms with E-state index in [1.165, 1.54) is 19.2 Å². The summed E-state index contributed by atoms with van der Waals surface area (Å²) in [6, 6.07) is 10.6. The highest BCUT2D eigenvalue weighted by atomic mass is 16.4. The van der Waals surface area contributed by atoms with Gasteiger partial charge in [0.25, 0.3) is 0 Å². The molecule has 0 aliphatic heterocycles. The van der Waals surface area contributed by atoms with Crippen molar-refractivity contribution in [2.75, 3.05) is 0 Å². The van der Waals surface area contributed by atoms with Gasteiger partial charge in [-0.25, -0.2) is 4.98 Å². The van der Waals surface area contributed by atoms with Crippen molar-refractivity contribution in [1.82, 2.24) is 10.3 Å². The number of oxazole rings is 1. The predicted molar refractivity (Wildman–Crippen MR) is 71.6 cm³/mol. The smallest absolute Gasteiger partial charge is 0.194 e. The molecule has 4 heteroatoms. The third-order valence-electron chi connectivity index (χ3n) is 3.43. The van der Waals surface area contributed by atoms with Crippen molar-refractivity contribution in [2.24, 2.45) is 0 Å². The van der Waals surface area contributed by atoms with E-state index in [1.54, 1.807) is 0 Å². The lowest BCUT2D eigenvalue weighted by Gasteiger charge is -2.00. The van der Waals surface area contributed by atoms with Gasteiger partial charge in [-0.15, -0.1) is 0 Å². The van der Waals surface area contributed by atoms with Gasteiger partial charge in [0.1, 0.15) is 11.3 Å². The minimum Gasteiger partial charge on any atom is -0.453 e. The molecule has 0 saturated heterocycles. The maximum atomic E-state index is 5.81. The van der Waals surface area contributed by atoms with Gasteiger partial charge in [-0.2, -0.15) is 0 Å². The number of aromatic nitrogens is 1.